The summed E-state index contributed by atoms with van der Waals surface area (Å²) in [4.78, 5) is 2.35. The second kappa shape index (κ2) is 8.93. The van der Waals surface area contributed by atoms with Crippen molar-refractivity contribution in [2.75, 3.05) is 13.1 Å². The van der Waals surface area contributed by atoms with Gasteiger partial charge in [0.25, 0.3) is 0 Å². The predicted molar refractivity (Wildman–Crippen MR) is 86.7 cm³/mol. The first-order chi connectivity index (χ1) is 9.51. The number of allylic oxidation sites excluding steroid dienone is 1. The number of rotatable bonds is 9. The molecule has 0 spiro atoms. The fourth-order valence-corrected chi connectivity index (χ4v) is 2.37. The van der Waals surface area contributed by atoms with Crippen LogP contribution < -0.4 is 0 Å². The van der Waals surface area contributed by atoms with E-state index in [1.807, 2.05) is 6.08 Å². The van der Waals surface area contributed by atoms with Gasteiger partial charge in [-0.05, 0) is 31.2 Å². The minimum Gasteiger partial charge on any atom is -0.392 e. The molecule has 112 valence electrons. The van der Waals surface area contributed by atoms with Gasteiger partial charge >= 0.3 is 0 Å². The van der Waals surface area contributed by atoms with Crippen LogP contribution >= 0.6 is 0 Å². The van der Waals surface area contributed by atoms with Gasteiger partial charge in [-0.3, -0.25) is 4.90 Å². The van der Waals surface area contributed by atoms with Crippen molar-refractivity contribution in [3.63, 3.8) is 0 Å². The standard InChI is InChI=1S/C18H29NO/c1-5-6-7-18(20)14-19(12-15(2)3)13-17-10-8-16(4)9-11-17/h5,8-11,15,18,20H,1,6-7,12-14H2,2-4H3/t18-/m0/s1. The molecule has 0 radical (unpaired) electrons. The number of aliphatic hydroxyl groups is 1. The molecule has 1 rings (SSSR count). The van der Waals surface area contributed by atoms with Crippen LogP contribution in [0.2, 0.25) is 0 Å². The minimum atomic E-state index is -0.266. The van der Waals surface area contributed by atoms with E-state index >= 15 is 0 Å². The molecular formula is C18H29NO. The first-order valence-electron chi connectivity index (χ1n) is 7.58. The van der Waals surface area contributed by atoms with E-state index in [0.29, 0.717) is 5.92 Å². The zero-order chi connectivity index (χ0) is 15.0. The lowest BCUT2D eigenvalue weighted by Crippen LogP contribution is -2.34. The van der Waals surface area contributed by atoms with Crippen molar-refractivity contribution in [3.8, 4) is 0 Å². The summed E-state index contributed by atoms with van der Waals surface area (Å²) in [6.07, 6.45) is 3.28. The van der Waals surface area contributed by atoms with Gasteiger partial charge in [0.2, 0.25) is 0 Å². The molecule has 1 atom stereocenters. The molecule has 0 unspecified atom stereocenters. The lowest BCUT2D eigenvalue weighted by Gasteiger charge is -2.26. The normalized spacial score (nSPS) is 12.9. The summed E-state index contributed by atoms with van der Waals surface area (Å²) in [5.74, 6) is 0.604. The number of benzene rings is 1. The Morgan fingerprint density at radius 1 is 1.20 bits per heavy atom. The van der Waals surface area contributed by atoms with E-state index in [2.05, 4.69) is 56.5 Å². The summed E-state index contributed by atoms with van der Waals surface area (Å²) in [7, 11) is 0. The number of hydrogen-bond acceptors (Lipinski definition) is 2. The maximum atomic E-state index is 10.1. The van der Waals surface area contributed by atoms with Crippen molar-refractivity contribution in [3.05, 3.63) is 48.0 Å². The van der Waals surface area contributed by atoms with Crippen LogP contribution in [0.4, 0.5) is 0 Å². The fourth-order valence-electron chi connectivity index (χ4n) is 2.37. The minimum absolute atomic E-state index is 0.266. The highest BCUT2D eigenvalue weighted by atomic mass is 16.3. The molecule has 1 aromatic carbocycles. The third-order valence-corrected chi connectivity index (χ3v) is 3.32. The molecule has 0 aromatic heterocycles. The van der Waals surface area contributed by atoms with Crippen molar-refractivity contribution in [2.45, 2.75) is 46.3 Å². The number of hydrogen-bond donors (Lipinski definition) is 1. The molecule has 0 aliphatic heterocycles. The average Bonchev–Trinajstić information content (AvgIpc) is 2.38. The molecule has 0 saturated heterocycles. The van der Waals surface area contributed by atoms with Crippen molar-refractivity contribution in [2.24, 2.45) is 5.92 Å². The van der Waals surface area contributed by atoms with Gasteiger partial charge in [0.05, 0.1) is 6.10 Å². The summed E-state index contributed by atoms with van der Waals surface area (Å²) < 4.78 is 0. The van der Waals surface area contributed by atoms with E-state index in [1.54, 1.807) is 0 Å². The van der Waals surface area contributed by atoms with Crippen LogP contribution in [0, 0.1) is 12.8 Å². The summed E-state index contributed by atoms with van der Waals surface area (Å²) >= 11 is 0. The maximum absolute atomic E-state index is 10.1. The molecule has 0 amide bonds. The lowest BCUT2D eigenvalue weighted by atomic mass is 10.1. The SMILES string of the molecule is C=CCC[C@H](O)CN(Cc1ccc(C)cc1)CC(C)C. The second-order valence-corrected chi connectivity index (χ2v) is 6.09. The number of aliphatic hydroxyl groups excluding tert-OH is 1. The molecule has 0 aliphatic rings. The van der Waals surface area contributed by atoms with E-state index in [9.17, 15) is 5.11 Å². The Bertz CT molecular complexity index is 383. The monoisotopic (exact) mass is 275 g/mol. The summed E-state index contributed by atoms with van der Waals surface area (Å²) in [6, 6.07) is 8.66. The smallest absolute Gasteiger partial charge is 0.0670 e. The van der Waals surface area contributed by atoms with E-state index in [1.165, 1.54) is 11.1 Å². The Kier molecular flexibility index (Phi) is 7.56. The first-order valence-corrected chi connectivity index (χ1v) is 7.58. The lowest BCUT2D eigenvalue weighted by molar-refractivity contribution is 0.0957. The Labute approximate surface area is 124 Å². The molecule has 1 aromatic rings. The van der Waals surface area contributed by atoms with Crippen LogP contribution in [0.25, 0.3) is 0 Å². The van der Waals surface area contributed by atoms with E-state index in [-0.39, 0.29) is 6.10 Å². The second-order valence-electron chi connectivity index (χ2n) is 6.09. The highest BCUT2D eigenvalue weighted by Crippen LogP contribution is 2.11. The molecular weight excluding hydrogens is 246 g/mol. The first kappa shape index (κ1) is 16.9. The molecule has 2 heteroatoms. The molecule has 0 aliphatic carbocycles. The quantitative estimate of drug-likeness (QED) is 0.693. The molecule has 20 heavy (non-hydrogen) atoms. The number of nitrogens with zero attached hydrogens (tertiary/aromatic N) is 1. The van der Waals surface area contributed by atoms with Gasteiger partial charge in [0.15, 0.2) is 0 Å². The zero-order valence-corrected chi connectivity index (χ0v) is 13.2. The summed E-state index contributed by atoms with van der Waals surface area (Å²) in [5, 5.41) is 10.1. The van der Waals surface area contributed by atoms with Gasteiger partial charge in [0.1, 0.15) is 0 Å². The van der Waals surface area contributed by atoms with Crippen LogP contribution in [-0.4, -0.2) is 29.2 Å². The zero-order valence-electron chi connectivity index (χ0n) is 13.2. The molecule has 0 bridgehead atoms. The van der Waals surface area contributed by atoms with Crippen LogP contribution in [0.1, 0.15) is 37.8 Å². The molecule has 2 nitrogen and oxygen atoms in total. The van der Waals surface area contributed by atoms with Crippen molar-refractivity contribution < 1.29 is 5.11 Å². The predicted octanol–water partition coefficient (Wildman–Crippen LogP) is 3.78. The van der Waals surface area contributed by atoms with Crippen LogP contribution in [0.5, 0.6) is 0 Å². The van der Waals surface area contributed by atoms with Crippen molar-refractivity contribution in [1.29, 1.82) is 0 Å². The Morgan fingerprint density at radius 3 is 2.40 bits per heavy atom. The van der Waals surface area contributed by atoms with Crippen LogP contribution in [-0.2, 0) is 6.54 Å². The summed E-state index contributed by atoms with van der Waals surface area (Å²) in [5.41, 5.74) is 2.60. The van der Waals surface area contributed by atoms with Gasteiger partial charge in [0, 0.05) is 19.6 Å². The Balaban J connectivity index is 2.58. The molecule has 0 heterocycles. The highest BCUT2D eigenvalue weighted by Gasteiger charge is 2.13. The molecule has 0 saturated carbocycles. The van der Waals surface area contributed by atoms with Crippen molar-refractivity contribution >= 4 is 0 Å². The van der Waals surface area contributed by atoms with Crippen LogP contribution in [0.15, 0.2) is 36.9 Å². The van der Waals surface area contributed by atoms with Crippen LogP contribution in [0.3, 0.4) is 0 Å². The molecule has 1 N–H and O–H groups in total. The number of aryl methyl sites for hydroxylation is 1. The third kappa shape index (κ3) is 6.88. The van der Waals surface area contributed by atoms with Gasteiger partial charge in [-0.15, -0.1) is 6.58 Å². The average molecular weight is 275 g/mol. The molecule has 0 fully saturated rings. The summed E-state index contributed by atoms with van der Waals surface area (Å²) in [6.45, 7) is 12.9. The fraction of sp³-hybridized carbons (Fsp3) is 0.556. The third-order valence-electron chi connectivity index (χ3n) is 3.32. The van der Waals surface area contributed by atoms with Gasteiger partial charge < -0.3 is 5.11 Å². The van der Waals surface area contributed by atoms with Gasteiger partial charge in [-0.1, -0.05) is 49.8 Å². The Morgan fingerprint density at radius 2 is 1.85 bits per heavy atom. The van der Waals surface area contributed by atoms with E-state index in [0.717, 1.165) is 32.5 Å². The van der Waals surface area contributed by atoms with Gasteiger partial charge in [-0.2, -0.15) is 0 Å². The Hall–Kier alpha value is -1.12. The largest absolute Gasteiger partial charge is 0.392 e. The van der Waals surface area contributed by atoms with Gasteiger partial charge in [-0.25, -0.2) is 0 Å². The highest BCUT2D eigenvalue weighted by molar-refractivity contribution is 5.21. The maximum Gasteiger partial charge on any atom is 0.0670 e. The van der Waals surface area contributed by atoms with E-state index in [4.69, 9.17) is 0 Å². The topological polar surface area (TPSA) is 23.5 Å². The van der Waals surface area contributed by atoms with E-state index < -0.39 is 0 Å². The van der Waals surface area contributed by atoms with Crippen molar-refractivity contribution in [1.82, 2.24) is 4.90 Å².